The number of phenols is 9. The molecule has 0 saturated heterocycles. The Morgan fingerprint density at radius 3 is 1.33 bits per heavy atom. The second-order valence-electron chi connectivity index (χ2n) is 9.39. The van der Waals surface area contributed by atoms with Crippen LogP contribution in [0.3, 0.4) is 0 Å². The number of hydrogen-bond donors (Lipinski definition) is 13. The summed E-state index contributed by atoms with van der Waals surface area (Å²) in [5.41, 5.74) is -7.26. The van der Waals surface area contributed by atoms with Crippen LogP contribution >= 0.6 is 0 Å². The van der Waals surface area contributed by atoms with Gasteiger partial charge in [0.25, 0.3) is 11.4 Å². The lowest BCUT2D eigenvalue weighted by Crippen LogP contribution is -2.66. The number of phenolic OH excluding ortho intramolecular Hbond substituents is 9. The first-order chi connectivity index (χ1) is 20.9. The van der Waals surface area contributed by atoms with Gasteiger partial charge in [-0.2, -0.15) is 0 Å². The molecule has 18 heteroatoms. The number of carbonyl (C=O) groups is 4. The number of hydrogen-bond acceptors (Lipinski definition) is 18. The van der Waals surface area contributed by atoms with E-state index in [0.29, 0.717) is 36.4 Å². The van der Waals surface area contributed by atoms with Gasteiger partial charge in [-0.3, -0.25) is 14.4 Å². The molecule has 3 aromatic carbocycles. The maximum absolute atomic E-state index is 14.0. The van der Waals surface area contributed by atoms with Gasteiger partial charge in [0.05, 0.1) is 12.2 Å². The summed E-state index contributed by atoms with van der Waals surface area (Å²) in [4.78, 5) is 54.6. The van der Waals surface area contributed by atoms with E-state index in [-0.39, 0.29) is 0 Å². The third-order valence-electron chi connectivity index (χ3n) is 6.42. The van der Waals surface area contributed by atoms with Crippen molar-refractivity contribution in [3.8, 4) is 51.7 Å². The number of benzene rings is 3. The van der Waals surface area contributed by atoms with E-state index in [0.717, 1.165) is 0 Å². The molecule has 0 aromatic heterocycles. The Hall–Kier alpha value is -5.82. The van der Waals surface area contributed by atoms with E-state index < -0.39 is 122 Å². The molecule has 0 aliphatic carbocycles. The summed E-state index contributed by atoms with van der Waals surface area (Å²) in [5.74, 6) is -19.1. The van der Waals surface area contributed by atoms with Gasteiger partial charge in [0.1, 0.15) is 18.3 Å². The number of carbonyl (C=O) groups excluding carboxylic acids is 4. The summed E-state index contributed by atoms with van der Waals surface area (Å²) < 4.78 is 5.00. The van der Waals surface area contributed by atoms with Gasteiger partial charge in [-0.05, 0) is 36.4 Å². The number of ketones is 3. The highest BCUT2D eigenvalue weighted by Crippen LogP contribution is 2.41. The van der Waals surface area contributed by atoms with Gasteiger partial charge in [0.15, 0.2) is 51.7 Å². The van der Waals surface area contributed by atoms with Crippen LogP contribution < -0.4 is 0 Å². The molecule has 3 aromatic rings. The quantitative estimate of drug-likeness (QED) is 0.0368. The van der Waals surface area contributed by atoms with Crippen molar-refractivity contribution < 1.29 is 90.3 Å². The molecule has 45 heavy (non-hydrogen) atoms. The van der Waals surface area contributed by atoms with Crippen LogP contribution in [0.1, 0.15) is 31.1 Å². The summed E-state index contributed by atoms with van der Waals surface area (Å²) in [7, 11) is 0. The Labute approximate surface area is 249 Å². The molecule has 0 fully saturated rings. The fraction of sp³-hybridized carbons (Fsp3) is 0.185. The van der Waals surface area contributed by atoms with Crippen LogP contribution in [-0.4, -0.2) is 120 Å². The monoisotopic (exact) mass is 636 g/mol. The Kier molecular flexibility index (Phi) is 9.30. The summed E-state index contributed by atoms with van der Waals surface area (Å²) >= 11 is 0. The number of aliphatic hydroxyl groups is 4. The van der Waals surface area contributed by atoms with Crippen LogP contribution in [-0.2, 0) is 9.53 Å². The van der Waals surface area contributed by atoms with Crippen molar-refractivity contribution in [3.63, 3.8) is 0 Å². The fourth-order valence-electron chi connectivity index (χ4n) is 4.00. The van der Waals surface area contributed by atoms with Gasteiger partial charge in [-0.1, -0.05) is 0 Å². The van der Waals surface area contributed by atoms with Gasteiger partial charge in [-0.25, -0.2) is 4.79 Å². The average molecular weight is 636 g/mol. The van der Waals surface area contributed by atoms with Crippen LogP contribution in [0, 0.1) is 0 Å². The minimum atomic E-state index is -4.12. The number of esters is 1. The molecule has 0 unspecified atom stereocenters. The fourth-order valence-corrected chi connectivity index (χ4v) is 4.00. The summed E-state index contributed by atoms with van der Waals surface area (Å²) in [5, 5.41) is 129. The maximum atomic E-state index is 14.0. The number of ether oxygens (including phenoxy) is 1. The topological polar surface area (TPSA) is 341 Å². The standard InChI is InChI=1S/C27H24O18/c28-7-17(35)22(40)25(43)27(23(41)9-3-13(31)20(38)14(32)4-9,45-26(44)10-5-15(33)21(39)16(34)6-10)24(42)18(36)8-1-11(29)19(37)12(30)2-8/h1-6,17,22,25,28-35,37-40,43H,7H2/t17-,22-,25+,27+/m1/s1. The minimum absolute atomic E-state index is 0.343. The summed E-state index contributed by atoms with van der Waals surface area (Å²) in [6, 6.07) is 2.28. The highest BCUT2D eigenvalue weighted by atomic mass is 16.6. The predicted octanol–water partition coefficient (Wildman–Crippen LogP) is -1.66. The second kappa shape index (κ2) is 12.4. The molecule has 0 aliphatic heterocycles. The van der Waals surface area contributed by atoms with Crippen molar-refractivity contribution >= 4 is 23.3 Å². The minimum Gasteiger partial charge on any atom is -0.504 e. The van der Waals surface area contributed by atoms with Crippen molar-refractivity contribution in [2.75, 3.05) is 6.61 Å². The van der Waals surface area contributed by atoms with Crippen molar-refractivity contribution in [2.24, 2.45) is 0 Å². The van der Waals surface area contributed by atoms with Crippen LogP contribution in [0.2, 0.25) is 0 Å². The lowest BCUT2D eigenvalue weighted by Gasteiger charge is -2.37. The van der Waals surface area contributed by atoms with Crippen LogP contribution in [0.15, 0.2) is 36.4 Å². The lowest BCUT2D eigenvalue weighted by atomic mass is 9.77. The van der Waals surface area contributed by atoms with Crippen LogP contribution in [0.4, 0.5) is 0 Å². The number of aliphatic hydroxyl groups excluding tert-OH is 4. The van der Waals surface area contributed by atoms with Crippen molar-refractivity contribution in [1.82, 2.24) is 0 Å². The molecular formula is C27H24O18. The van der Waals surface area contributed by atoms with Crippen molar-refractivity contribution in [1.29, 1.82) is 0 Å². The van der Waals surface area contributed by atoms with E-state index in [1.807, 2.05) is 0 Å². The molecule has 4 atom stereocenters. The molecule has 13 N–H and O–H groups in total. The molecule has 0 aliphatic rings. The van der Waals surface area contributed by atoms with E-state index in [2.05, 4.69) is 0 Å². The van der Waals surface area contributed by atoms with Gasteiger partial charge in [0.2, 0.25) is 11.6 Å². The first kappa shape index (κ1) is 33.7. The molecular weight excluding hydrogens is 612 g/mol. The Bertz CT molecular complexity index is 1630. The van der Waals surface area contributed by atoms with Gasteiger partial charge in [-0.15, -0.1) is 0 Å². The molecule has 0 radical (unpaired) electrons. The number of Topliss-reactive ketones (excluding diaryl/α,β-unsaturated/α-hetero) is 3. The zero-order chi connectivity index (χ0) is 34.1. The molecule has 18 nitrogen and oxygen atoms in total. The van der Waals surface area contributed by atoms with E-state index in [4.69, 9.17) is 4.74 Å². The Morgan fingerprint density at radius 1 is 0.600 bits per heavy atom. The molecule has 0 spiro atoms. The first-order valence-electron chi connectivity index (χ1n) is 12.2. The third kappa shape index (κ3) is 6.01. The molecule has 0 saturated carbocycles. The number of rotatable bonds is 11. The van der Waals surface area contributed by atoms with E-state index in [1.165, 1.54) is 0 Å². The SMILES string of the molecule is O=C(O[C@](C(=O)C(=O)c1cc(O)c(O)c(O)c1)(C(=O)c1cc(O)c(O)c(O)c1)[C@@H](O)[C@H](O)[C@H](O)CO)c1cc(O)c(O)c(O)c1. The Balaban J connectivity index is 2.40. The van der Waals surface area contributed by atoms with Crippen LogP contribution in [0.25, 0.3) is 0 Å². The highest BCUT2D eigenvalue weighted by molar-refractivity contribution is 6.51. The third-order valence-corrected chi connectivity index (χ3v) is 6.42. The molecule has 3 rings (SSSR count). The number of aromatic hydroxyl groups is 9. The summed E-state index contributed by atoms with van der Waals surface area (Å²) in [6.45, 7) is -1.38. The van der Waals surface area contributed by atoms with E-state index in [9.17, 15) is 85.6 Å². The molecule has 240 valence electrons. The largest absolute Gasteiger partial charge is 0.504 e. The Morgan fingerprint density at radius 2 is 0.956 bits per heavy atom. The van der Waals surface area contributed by atoms with Crippen LogP contribution in [0.5, 0.6) is 51.7 Å². The average Bonchev–Trinajstić information content (AvgIpc) is 3.00. The predicted molar refractivity (Wildman–Crippen MR) is 141 cm³/mol. The molecule has 0 bridgehead atoms. The molecule has 0 amide bonds. The van der Waals surface area contributed by atoms with Gasteiger partial charge >= 0.3 is 5.97 Å². The smallest absolute Gasteiger partial charge is 0.339 e. The lowest BCUT2D eigenvalue weighted by molar-refractivity contribution is -0.160. The van der Waals surface area contributed by atoms with Gasteiger partial charge in [0, 0.05) is 11.1 Å². The normalized spacial score (nSPS) is 14.5. The zero-order valence-corrected chi connectivity index (χ0v) is 22.3. The zero-order valence-electron chi connectivity index (χ0n) is 22.3. The highest BCUT2D eigenvalue weighted by Gasteiger charge is 2.61. The van der Waals surface area contributed by atoms with Gasteiger partial charge < -0.3 is 71.1 Å². The maximum Gasteiger partial charge on any atom is 0.339 e. The van der Waals surface area contributed by atoms with E-state index >= 15 is 0 Å². The van der Waals surface area contributed by atoms with Crippen molar-refractivity contribution in [2.45, 2.75) is 23.9 Å². The molecule has 0 heterocycles. The first-order valence-corrected chi connectivity index (χ1v) is 12.2. The summed E-state index contributed by atoms with van der Waals surface area (Å²) in [6.07, 6.45) is -8.52. The van der Waals surface area contributed by atoms with E-state index in [1.54, 1.807) is 0 Å². The van der Waals surface area contributed by atoms with Crippen molar-refractivity contribution in [3.05, 3.63) is 53.1 Å². The second-order valence-corrected chi connectivity index (χ2v) is 9.39.